The summed E-state index contributed by atoms with van der Waals surface area (Å²) < 4.78 is 13.6. The maximum absolute atomic E-state index is 13.6. The van der Waals surface area contributed by atoms with Crippen LogP contribution in [-0.4, -0.2) is 21.6 Å². The number of hydrogen-bond donors (Lipinski definition) is 2. The number of aliphatic hydroxyl groups is 1. The molecule has 6 heteroatoms. The molecule has 0 radical (unpaired) electrons. The van der Waals surface area contributed by atoms with E-state index < -0.39 is 11.9 Å². The van der Waals surface area contributed by atoms with Gasteiger partial charge in [-0.25, -0.2) is 14.4 Å². The highest BCUT2D eigenvalue weighted by Gasteiger charge is 2.09. The topological polar surface area (TPSA) is 58.0 Å². The van der Waals surface area contributed by atoms with Crippen LogP contribution in [0.1, 0.15) is 11.7 Å². The van der Waals surface area contributed by atoms with Gasteiger partial charge in [0.25, 0.3) is 0 Å². The molecule has 3 aromatic rings. The van der Waals surface area contributed by atoms with Gasteiger partial charge in [-0.3, -0.25) is 0 Å². The maximum Gasteiger partial charge on any atom is 0.142 e. The van der Waals surface area contributed by atoms with Crippen molar-refractivity contribution >= 4 is 17.4 Å². The minimum Gasteiger partial charge on any atom is -0.387 e. The van der Waals surface area contributed by atoms with Crippen molar-refractivity contribution in [2.24, 2.45) is 0 Å². The molecule has 1 unspecified atom stereocenters. The lowest BCUT2D eigenvalue weighted by Gasteiger charge is -2.13. The number of aromatic nitrogens is 2. The first kappa shape index (κ1) is 16.4. The van der Waals surface area contributed by atoms with Gasteiger partial charge in [-0.1, -0.05) is 48.0 Å². The van der Waals surface area contributed by atoms with Crippen LogP contribution in [0.25, 0.3) is 11.3 Å². The molecule has 0 spiro atoms. The minimum atomic E-state index is -0.655. The van der Waals surface area contributed by atoms with Crippen LogP contribution in [0, 0.1) is 5.82 Å². The Bertz CT molecular complexity index is 830. The second kappa shape index (κ2) is 7.38. The number of hydrogen-bond acceptors (Lipinski definition) is 4. The van der Waals surface area contributed by atoms with Gasteiger partial charge >= 0.3 is 0 Å². The van der Waals surface area contributed by atoms with Crippen LogP contribution in [-0.2, 0) is 0 Å². The second-order valence-corrected chi connectivity index (χ2v) is 5.63. The van der Waals surface area contributed by atoms with Crippen LogP contribution < -0.4 is 5.32 Å². The van der Waals surface area contributed by atoms with Crippen LogP contribution in [0.4, 0.5) is 10.2 Å². The fraction of sp³-hybridized carbons (Fsp3) is 0.111. The highest BCUT2D eigenvalue weighted by atomic mass is 35.5. The largest absolute Gasteiger partial charge is 0.387 e. The third kappa shape index (κ3) is 3.88. The number of nitrogens with zero attached hydrogens (tertiary/aromatic N) is 2. The van der Waals surface area contributed by atoms with E-state index in [1.807, 2.05) is 30.3 Å². The smallest absolute Gasteiger partial charge is 0.142 e. The molecule has 4 nitrogen and oxygen atoms in total. The maximum atomic E-state index is 13.6. The van der Waals surface area contributed by atoms with Gasteiger partial charge in [0, 0.05) is 18.2 Å². The molecule has 24 heavy (non-hydrogen) atoms. The summed E-state index contributed by atoms with van der Waals surface area (Å²) in [5.41, 5.74) is 1.99. The van der Waals surface area contributed by atoms with Gasteiger partial charge in [0.1, 0.15) is 18.0 Å². The Morgan fingerprint density at radius 2 is 1.88 bits per heavy atom. The highest BCUT2D eigenvalue weighted by Crippen LogP contribution is 2.24. The van der Waals surface area contributed by atoms with Crippen molar-refractivity contribution < 1.29 is 9.50 Å². The van der Waals surface area contributed by atoms with Crippen molar-refractivity contribution in [2.45, 2.75) is 6.10 Å². The monoisotopic (exact) mass is 343 g/mol. The summed E-state index contributed by atoms with van der Waals surface area (Å²) in [6, 6.07) is 15.5. The fourth-order valence-corrected chi connectivity index (χ4v) is 2.38. The summed E-state index contributed by atoms with van der Waals surface area (Å²) in [5.74, 6) is 0.0483. The summed E-state index contributed by atoms with van der Waals surface area (Å²) in [6.07, 6.45) is 0.733. The van der Waals surface area contributed by atoms with Gasteiger partial charge in [-0.05, 0) is 17.7 Å². The van der Waals surface area contributed by atoms with Crippen molar-refractivity contribution in [1.29, 1.82) is 0 Å². The zero-order valence-electron chi connectivity index (χ0n) is 12.7. The van der Waals surface area contributed by atoms with Crippen LogP contribution in [0.3, 0.4) is 0 Å². The van der Waals surface area contributed by atoms with E-state index >= 15 is 0 Å². The summed E-state index contributed by atoms with van der Waals surface area (Å²) in [4.78, 5) is 8.26. The Labute approximate surface area is 144 Å². The second-order valence-electron chi connectivity index (χ2n) is 5.22. The third-order valence-corrected chi connectivity index (χ3v) is 3.85. The van der Waals surface area contributed by atoms with E-state index in [4.69, 9.17) is 11.6 Å². The Hall–Kier alpha value is -2.50. The van der Waals surface area contributed by atoms with Crippen molar-refractivity contribution in [1.82, 2.24) is 9.97 Å². The average molecular weight is 344 g/mol. The number of rotatable bonds is 5. The Morgan fingerprint density at radius 1 is 1.08 bits per heavy atom. The van der Waals surface area contributed by atoms with Gasteiger partial charge in [0.2, 0.25) is 0 Å². The molecule has 0 aliphatic heterocycles. The molecule has 2 aromatic carbocycles. The summed E-state index contributed by atoms with van der Waals surface area (Å²) in [5, 5.41) is 13.3. The average Bonchev–Trinajstić information content (AvgIpc) is 2.63. The third-order valence-electron chi connectivity index (χ3n) is 3.54. The van der Waals surface area contributed by atoms with E-state index in [9.17, 15) is 9.50 Å². The summed E-state index contributed by atoms with van der Waals surface area (Å²) >= 11 is 5.69. The quantitative estimate of drug-likeness (QED) is 0.733. The molecule has 1 atom stereocenters. The molecule has 0 amide bonds. The predicted octanol–water partition coefficient (Wildman–Crippen LogP) is 4.08. The van der Waals surface area contributed by atoms with Gasteiger partial charge in [-0.15, -0.1) is 0 Å². The molecule has 0 aliphatic carbocycles. The molecule has 0 fully saturated rings. The molecule has 0 bridgehead atoms. The Morgan fingerprint density at radius 3 is 2.62 bits per heavy atom. The standard InChI is InChI=1S/C18H15ClFN3O/c19-14-7-6-13(8-15(14)20)16-9-18(23-11-22-16)21-10-17(24)12-4-2-1-3-5-12/h1-9,11,17,24H,10H2,(H,21,22,23). The molecule has 3 rings (SSSR count). The minimum absolute atomic E-state index is 0.0668. The summed E-state index contributed by atoms with van der Waals surface area (Å²) in [7, 11) is 0. The molecular formula is C18H15ClFN3O. The fourth-order valence-electron chi connectivity index (χ4n) is 2.26. The normalized spacial score (nSPS) is 12.0. The van der Waals surface area contributed by atoms with Crippen molar-refractivity contribution in [3.8, 4) is 11.3 Å². The molecular weight excluding hydrogens is 329 g/mol. The van der Waals surface area contributed by atoms with E-state index in [-0.39, 0.29) is 5.02 Å². The molecule has 122 valence electrons. The Balaban J connectivity index is 1.72. The van der Waals surface area contributed by atoms with Crippen molar-refractivity contribution in [3.05, 3.63) is 77.3 Å². The zero-order chi connectivity index (χ0) is 16.9. The van der Waals surface area contributed by atoms with Crippen LogP contribution in [0.5, 0.6) is 0 Å². The molecule has 1 heterocycles. The van der Waals surface area contributed by atoms with Crippen LogP contribution >= 0.6 is 11.6 Å². The Kier molecular flexibility index (Phi) is 5.03. The molecule has 2 N–H and O–H groups in total. The zero-order valence-corrected chi connectivity index (χ0v) is 13.4. The summed E-state index contributed by atoms with van der Waals surface area (Å²) in [6.45, 7) is 0.301. The first-order valence-electron chi connectivity index (χ1n) is 7.38. The van der Waals surface area contributed by atoms with Gasteiger partial charge in [0.05, 0.1) is 16.8 Å². The van der Waals surface area contributed by atoms with Gasteiger partial charge in [-0.2, -0.15) is 0 Å². The van der Waals surface area contributed by atoms with E-state index in [0.717, 1.165) is 5.56 Å². The van der Waals surface area contributed by atoms with Crippen molar-refractivity contribution in [3.63, 3.8) is 0 Å². The van der Waals surface area contributed by atoms with Gasteiger partial charge < -0.3 is 10.4 Å². The van der Waals surface area contributed by atoms with Crippen LogP contribution in [0.2, 0.25) is 5.02 Å². The molecule has 0 aliphatic rings. The number of aliphatic hydroxyl groups excluding tert-OH is 1. The van der Waals surface area contributed by atoms with E-state index in [1.165, 1.54) is 18.5 Å². The number of benzene rings is 2. The lowest BCUT2D eigenvalue weighted by Crippen LogP contribution is -2.13. The SMILES string of the molecule is OC(CNc1cc(-c2ccc(Cl)c(F)c2)ncn1)c1ccccc1. The first-order valence-corrected chi connectivity index (χ1v) is 7.75. The number of anilines is 1. The van der Waals surface area contributed by atoms with Gasteiger partial charge in [0.15, 0.2) is 0 Å². The number of nitrogens with one attached hydrogen (secondary N) is 1. The molecule has 0 saturated heterocycles. The van der Waals surface area contributed by atoms with E-state index in [1.54, 1.807) is 12.1 Å². The van der Waals surface area contributed by atoms with Crippen molar-refractivity contribution in [2.75, 3.05) is 11.9 Å². The number of halogens is 2. The lowest BCUT2D eigenvalue weighted by molar-refractivity contribution is 0.191. The first-order chi connectivity index (χ1) is 11.6. The lowest BCUT2D eigenvalue weighted by atomic mass is 10.1. The van der Waals surface area contributed by atoms with E-state index in [2.05, 4.69) is 15.3 Å². The van der Waals surface area contributed by atoms with E-state index in [0.29, 0.717) is 23.6 Å². The predicted molar refractivity (Wildman–Crippen MR) is 92.3 cm³/mol. The highest BCUT2D eigenvalue weighted by molar-refractivity contribution is 6.30. The van der Waals surface area contributed by atoms with Crippen LogP contribution in [0.15, 0.2) is 60.9 Å². The molecule has 0 saturated carbocycles. The molecule has 1 aromatic heterocycles.